The van der Waals surface area contributed by atoms with Crippen LogP contribution in [0, 0.1) is 0 Å². The Balaban J connectivity index is 2.05. The first-order valence-corrected chi connectivity index (χ1v) is 9.79. The van der Waals surface area contributed by atoms with E-state index < -0.39 is 0 Å². The van der Waals surface area contributed by atoms with Crippen molar-refractivity contribution < 1.29 is 19.1 Å². The minimum Gasteiger partial charge on any atom is -0.465 e. The van der Waals surface area contributed by atoms with Crippen LogP contribution in [0.15, 0.2) is 72.8 Å². The van der Waals surface area contributed by atoms with Crippen molar-refractivity contribution in [1.82, 2.24) is 0 Å². The third-order valence-electron chi connectivity index (χ3n) is 4.95. The van der Waals surface area contributed by atoms with Crippen LogP contribution in [0.2, 0.25) is 0 Å². The smallest absolute Gasteiger partial charge is 0.337 e. The lowest BCUT2D eigenvalue weighted by molar-refractivity contribution is 0.0592. The number of ether oxygens (including phenoxy) is 2. The Morgan fingerprint density at radius 3 is 1.39 bits per heavy atom. The summed E-state index contributed by atoms with van der Waals surface area (Å²) in [7, 11) is 6.73. The zero-order valence-corrected chi connectivity index (χ0v) is 18.1. The first kappa shape index (κ1) is 21.8. The number of benzene rings is 3. The van der Waals surface area contributed by atoms with Crippen LogP contribution in [-0.4, -0.2) is 40.3 Å². The number of carbonyl (C=O) groups excluding carboxylic acids is 2. The molecule has 0 aliphatic rings. The predicted octanol–water partition coefficient (Wildman–Crippen LogP) is 4.91. The largest absolute Gasteiger partial charge is 0.465 e. The van der Waals surface area contributed by atoms with Gasteiger partial charge in [0, 0.05) is 19.8 Å². The zero-order valence-electron chi connectivity index (χ0n) is 18.1. The van der Waals surface area contributed by atoms with E-state index in [1.54, 1.807) is 24.3 Å². The Hall–Kier alpha value is -3.86. The number of esters is 2. The molecule has 0 N–H and O–H groups in total. The fourth-order valence-corrected chi connectivity index (χ4v) is 3.18. The summed E-state index contributed by atoms with van der Waals surface area (Å²) >= 11 is 0. The SMILES string of the molecule is COC(=O)c1ccc(C(=Cc2ccc(N(C)C)cc2)c2ccc(C(=O)OC)cc2)cc1. The van der Waals surface area contributed by atoms with E-state index in [1.165, 1.54) is 14.2 Å². The van der Waals surface area contributed by atoms with Crippen molar-refractivity contribution in [3.8, 4) is 0 Å². The lowest BCUT2D eigenvalue weighted by atomic mass is 9.94. The molecule has 3 aromatic rings. The van der Waals surface area contributed by atoms with E-state index in [0.29, 0.717) is 11.1 Å². The number of nitrogens with zero attached hydrogens (tertiary/aromatic N) is 1. The fourth-order valence-electron chi connectivity index (χ4n) is 3.18. The van der Waals surface area contributed by atoms with Crippen LogP contribution in [-0.2, 0) is 9.47 Å². The highest BCUT2D eigenvalue weighted by atomic mass is 16.5. The van der Waals surface area contributed by atoms with E-state index in [9.17, 15) is 9.59 Å². The van der Waals surface area contributed by atoms with Crippen LogP contribution in [0.5, 0.6) is 0 Å². The second-order valence-corrected chi connectivity index (χ2v) is 7.18. The van der Waals surface area contributed by atoms with Crippen LogP contribution in [0.4, 0.5) is 5.69 Å². The summed E-state index contributed by atoms with van der Waals surface area (Å²) in [5.74, 6) is -0.752. The maximum atomic E-state index is 11.8. The maximum Gasteiger partial charge on any atom is 0.337 e. The number of anilines is 1. The van der Waals surface area contributed by atoms with E-state index in [-0.39, 0.29) is 11.9 Å². The van der Waals surface area contributed by atoms with Gasteiger partial charge in [-0.2, -0.15) is 0 Å². The summed E-state index contributed by atoms with van der Waals surface area (Å²) in [5, 5.41) is 0. The molecule has 0 bridgehead atoms. The van der Waals surface area contributed by atoms with E-state index in [0.717, 1.165) is 28.0 Å². The molecule has 0 unspecified atom stereocenters. The van der Waals surface area contributed by atoms with Crippen LogP contribution in [0.1, 0.15) is 37.4 Å². The van der Waals surface area contributed by atoms with Gasteiger partial charge in [-0.25, -0.2) is 9.59 Å². The van der Waals surface area contributed by atoms with Gasteiger partial charge in [0.05, 0.1) is 25.3 Å². The van der Waals surface area contributed by atoms with E-state index in [2.05, 4.69) is 30.3 Å². The molecular formula is C26H25NO4. The number of methoxy groups -OCH3 is 2. The number of hydrogen-bond donors (Lipinski definition) is 0. The summed E-state index contributed by atoms with van der Waals surface area (Å²) in [6, 6.07) is 22.8. The summed E-state index contributed by atoms with van der Waals surface area (Å²) in [5.41, 5.74) is 5.97. The summed E-state index contributed by atoms with van der Waals surface area (Å²) in [6.07, 6.45) is 2.08. The molecular weight excluding hydrogens is 390 g/mol. The van der Waals surface area contributed by atoms with Gasteiger partial charge in [0.2, 0.25) is 0 Å². The van der Waals surface area contributed by atoms with Gasteiger partial charge in [0.25, 0.3) is 0 Å². The summed E-state index contributed by atoms with van der Waals surface area (Å²) < 4.78 is 9.58. The van der Waals surface area contributed by atoms with Gasteiger partial charge >= 0.3 is 11.9 Å². The number of carbonyl (C=O) groups is 2. The van der Waals surface area contributed by atoms with Crippen molar-refractivity contribution in [3.63, 3.8) is 0 Å². The highest BCUT2D eigenvalue weighted by Crippen LogP contribution is 2.28. The summed E-state index contributed by atoms with van der Waals surface area (Å²) in [4.78, 5) is 25.6. The van der Waals surface area contributed by atoms with Crippen molar-refractivity contribution >= 4 is 29.3 Å². The highest BCUT2D eigenvalue weighted by molar-refractivity contribution is 5.95. The molecule has 0 heterocycles. The van der Waals surface area contributed by atoms with Gasteiger partial charge in [0.15, 0.2) is 0 Å². The van der Waals surface area contributed by atoms with E-state index >= 15 is 0 Å². The first-order chi connectivity index (χ1) is 14.9. The van der Waals surface area contributed by atoms with Gasteiger partial charge in [-0.15, -0.1) is 0 Å². The van der Waals surface area contributed by atoms with E-state index in [1.807, 2.05) is 43.3 Å². The molecule has 3 rings (SSSR count). The number of hydrogen-bond acceptors (Lipinski definition) is 5. The molecule has 0 saturated heterocycles. The topological polar surface area (TPSA) is 55.8 Å². The van der Waals surface area contributed by atoms with E-state index in [4.69, 9.17) is 9.47 Å². The summed E-state index contributed by atoms with van der Waals surface area (Å²) in [6.45, 7) is 0. The van der Waals surface area contributed by atoms with Gasteiger partial charge in [-0.1, -0.05) is 36.4 Å². The third-order valence-corrected chi connectivity index (χ3v) is 4.95. The lowest BCUT2D eigenvalue weighted by Crippen LogP contribution is -2.07. The molecule has 0 amide bonds. The average molecular weight is 415 g/mol. The first-order valence-electron chi connectivity index (χ1n) is 9.79. The van der Waals surface area contributed by atoms with Crippen molar-refractivity contribution in [3.05, 3.63) is 101 Å². The Morgan fingerprint density at radius 2 is 1.03 bits per heavy atom. The van der Waals surface area contributed by atoms with Crippen LogP contribution in [0.3, 0.4) is 0 Å². The normalized spacial score (nSPS) is 10.2. The van der Waals surface area contributed by atoms with Gasteiger partial charge < -0.3 is 14.4 Å². The standard InChI is InChI=1S/C26H25NO4/c1-27(2)23-15-5-18(6-16-23)17-24(19-7-11-21(12-8-19)25(28)30-3)20-9-13-22(14-10-20)26(29)31-4/h5-17H,1-4H3. The molecule has 0 radical (unpaired) electrons. The molecule has 0 aromatic heterocycles. The molecule has 5 heteroatoms. The molecule has 0 aliphatic heterocycles. The Labute approximate surface area is 182 Å². The van der Waals surface area contributed by atoms with Gasteiger partial charge in [-0.05, 0) is 64.7 Å². The Kier molecular flexibility index (Phi) is 6.88. The second kappa shape index (κ2) is 9.76. The maximum absolute atomic E-state index is 11.8. The molecule has 31 heavy (non-hydrogen) atoms. The minimum atomic E-state index is -0.376. The Bertz CT molecular complexity index is 1020. The Morgan fingerprint density at radius 1 is 0.645 bits per heavy atom. The molecule has 0 atom stereocenters. The quantitative estimate of drug-likeness (QED) is 0.423. The monoisotopic (exact) mass is 415 g/mol. The molecule has 5 nitrogen and oxygen atoms in total. The highest BCUT2D eigenvalue weighted by Gasteiger charge is 2.11. The third kappa shape index (κ3) is 5.20. The number of rotatable bonds is 6. The average Bonchev–Trinajstić information content (AvgIpc) is 2.82. The van der Waals surface area contributed by atoms with Gasteiger partial charge in [-0.3, -0.25) is 0 Å². The van der Waals surface area contributed by atoms with Gasteiger partial charge in [0.1, 0.15) is 0 Å². The van der Waals surface area contributed by atoms with Crippen LogP contribution < -0.4 is 4.90 Å². The van der Waals surface area contributed by atoms with Crippen molar-refractivity contribution in [2.45, 2.75) is 0 Å². The van der Waals surface area contributed by atoms with Crippen LogP contribution in [0.25, 0.3) is 11.6 Å². The molecule has 0 saturated carbocycles. The zero-order chi connectivity index (χ0) is 22.4. The molecule has 3 aromatic carbocycles. The fraction of sp³-hybridized carbons (Fsp3) is 0.154. The minimum absolute atomic E-state index is 0.376. The second-order valence-electron chi connectivity index (χ2n) is 7.18. The molecule has 0 fully saturated rings. The lowest BCUT2D eigenvalue weighted by Gasteiger charge is -2.13. The molecule has 0 spiro atoms. The van der Waals surface area contributed by atoms with Crippen molar-refractivity contribution in [1.29, 1.82) is 0 Å². The molecule has 158 valence electrons. The van der Waals surface area contributed by atoms with Crippen molar-refractivity contribution in [2.75, 3.05) is 33.2 Å². The predicted molar refractivity (Wildman–Crippen MR) is 123 cm³/mol. The molecule has 0 aliphatic carbocycles. The van der Waals surface area contributed by atoms with Crippen molar-refractivity contribution in [2.24, 2.45) is 0 Å². The van der Waals surface area contributed by atoms with Crippen LogP contribution >= 0.6 is 0 Å².